The van der Waals surface area contributed by atoms with Crippen LogP contribution in [-0.2, 0) is 13.6 Å². The monoisotopic (exact) mass is 302 g/mol. The lowest BCUT2D eigenvalue weighted by Crippen LogP contribution is -2.38. The molecule has 1 aliphatic rings. The zero-order valence-corrected chi connectivity index (χ0v) is 13.1. The van der Waals surface area contributed by atoms with Crippen LogP contribution in [0.1, 0.15) is 18.4 Å². The van der Waals surface area contributed by atoms with Gasteiger partial charge in [0.15, 0.2) is 5.82 Å². The first kappa shape index (κ1) is 14.8. The third kappa shape index (κ3) is 3.54. The molecule has 0 spiro atoms. The van der Waals surface area contributed by atoms with Crippen molar-refractivity contribution in [2.45, 2.75) is 25.4 Å². The number of nitrogens with zero attached hydrogens (tertiary/aromatic N) is 5. The summed E-state index contributed by atoms with van der Waals surface area (Å²) in [4.78, 5) is 10.9. The molecule has 0 atom stereocenters. The van der Waals surface area contributed by atoms with Gasteiger partial charge in [0, 0.05) is 56.9 Å². The maximum Gasteiger partial charge on any atom is 0.257 e. The molecule has 0 bridgehead atoms. The lowest BCUT2D eigenvalue weighted by molar-refractivity contribution is 0.211. The van der Waals surface area contributed by atoms with Gasteiger partial charge in [0.25, 0.3) is 5.88 Å². The molecule has 0 aliphatic carbocycles. The van der Waals surface area contributed by atoms with Crippen LogP contribution in [0.15, 0.2) is 24.8 Å². The molecule has 1 N–H and O–H groups in total. The van der Waals surface area contributed by atoms with Crippen LogP contribution in [0.2, 0.25) is 0 Å². The number of methoxy groups -OCH3 is 1. The van der Waals surface area contributed by atoms with Gasteiger partial charge in [-0.3, -0.25) is 9.58 Å². The molecule has 7 nitrogen and oxygen atoms in total. The van der Waals surface area contributed by atoms with Crippen molar-refractivity contribution in [2.75, 3.05) is 25.5 Å². The molecule has 1 saturated heterocycles. The number of ether oxygens (including phenoxy) is 1. The molecule has 0 unspecified atom stereocenters. The van der Waals surface area contributed by atoms with E-state index in [1.54, 1.807) is 19.5 Å². The predicted octanol–water partition coefficient (Wildman–Crippen LogP) is 1.30. The second kappa shape index (κ2) is 6.74. The Morgan fingerprint density at radius 2 is 2.05 bits per heavy atom. The summed E-state index contributed by atoms with van der Waals surface area (Å²) in [7, 11) is 3.57. The third-order valence-corrected chi connectivity index (χ3v) is 3.95. The Morgan fingerprint density at radius 3 is 2.73 bits per heavy atom. The van der Waals surface area contributed by atoms with E-state index >= 15 is 0 Å². The van der Waals surface area contributed by atoms with Gasteiger partial charge in [0.1, 0.15) is 0 Å². The third-order valence-electron chi connectivity index (χ3n) is 3.95. The van der Waals surface area contributed by atoms with Gasteiger partial charge in [-0.2, -0.15) is 5.10 Å². The zero-order valence-electron chi connectivity index (χ0n) is 13.1. The van der Waals surface area contributed by atoms with Crippen LogP contribution in [-0.4, -0.2) is 50.9 Å². The van der Waals surface area contributed by atoms with E-state index in [0.717, 1.165) is 38.3 Å². The fourth-order valence-electron chi connectivity index (χ4n) is 2.81. The summed E-state index contributed by atoms with van der Waals surface area (Å²) in [6, 6.07) is 0.413. The molecule has 7 heteroatoms. The van der Waals surface area contributed by atoms with Crippen molar-refractivity contribution in [1.29, 1.82) is 0 Å². The quantitative estimate of drug-likeness (QED) is 0.898. The van der Waals surface area contributed by atoms with Gasteiger partial charge in [-0.05, 0) is 12.8 Å². The number of nitrogens with one attached hydrogen (secondary N) is 1. The second-order valence-corrected chi connectivity index (χ2v) is 5.63. The first-order valence-electron chi connectivity index (χ1n) is 7.56. The van der Waals surface area contributed by atoms with Crippen molar-refractivity contribution in [3.63, 3.8) is 0 Å². The molecule has 0 amide bonds. The summed E-state index contributed by atoms with van der Waals surface area (Å²) >= 11 is 0. The Kier molecular flexibility index (Phi) is 4.53. The van der Waals surface area contributed by atoms with Gasteiger partial charge in [-0.1, -0.05) is 0 Å². The highest BCUT2D eigenvalue weighted by Gasteiger charge is 2.21. The van der Waals surface area contributed by atoms with Crippen LogP contribution in [0, 0.1) is 0 Å². The maximum atomic E-state index is 5.23. The summed E-state index contributed by atoms with van der Waals surface area (Å²) in [5, 5.41) is 7.67. The number of hydrogen-bond donors (Lipinski definition) is 1. The Labute approximate surface area is 130 Å². The average Bonchev–Trinajstić information content (AvgIpc) is 2.95. The minimum atomic E-state index is 0.413. The molecule has 3 heterocycles. The van der Waals surface area contributed by atoms with E-state index in [1.165, 1.54) is 5.56 Å². The number of piperidine rings is 1. The number of rotatable bonds is 5. The van der Waals surface area contributed by atoms with Crippen LogP contribution >= 0.6 is 0 Å². The van der Waals surface area contributed by atoms with Gasteiger partial charge >= 0.3 is 0 Å². The van der Waals surface area contributed by atoms with Crippen molar-refractivity contribution >= 4 is 5.82 Å². The highest BCUT2D eigenvalue weighted by atomic mass is 16.5. The topological polar surface area (TPSA) is 68.1 Å². The molecule has 2 aromatic heterocycles. The molecule has 22 heavy (non-hydrogen) atoms. The number of aromatic nitrogens is 4. The first-order valence-corrected chi connectivity index (χ1v) is 7.56. The Bertz CT molecular complexity index is 606. The molecule has 0 radical (unpaired) electrons. The lowest BCUT2D eigenvalue weighted by Gasteiger charge is -2.32. The molecule has 3 rings (SSSR count). The molecule has 1 aliphatic heterocycles. The van der Waals surface area contributed by atoms with Gasteiger partial charge in [-0.25, -0.2) is 9.97 Å². The predicted molar refractivity (Wildman–Crippen MR) is 83.7 cm³/mol. The zero-order chi connectivity index (χ0) is 15.4. The van der Waals surface area contributed by atoms with Crippen molar-refractivity contribution < 1.29 is 4.74 Å². The van der Waals surface area contributed by atoms with E-state index in [2.05, 4.69) is 31.5 Å². The van der Waals surface area contributed by atoms with E-state index in [9.17, 15) is 0 Å². The van der Waals surface area contributed by atoms with Crippen LogP contribution < -0.4 is 10.1 Å². The standard InChI is InChI=1S/C15H22N6O/c1-20-10-12(9-18-20)11-21-7-3-13(4-8-21)19-14-15(22-2)17-6-5-16-14/h5-6,9-10,13H,3-4,7-8,11H2,1-2H3,(H,16,19). The summed E-state index contributed by atoms with van der Waals surface area (Å²) < 4.78 is 7.08. The van der Waals surface area contributed by atoms with Crippen molar-refractivity contribution in [2.24, 2.45) is 7.05 Å². The second-order valence-electron chi connectivity index (χ2n) is 5.63. The van der Waals surface area contributed by atoms with E-state index in [-0.39, 0.29) is 0 Å². The summed E-state index contributed by atoms with van der Waals surface area (Å²) in [6.45, 7) is 3.10. The van der Waals surface area contributed by atoms with Gasteiger partial charge in [-0.15, -0.1) is 0 Å². The highest BCUT2D eigenvalue weighted by Crippen LogP contribution is 2.22. The SMILES string of the molecule is COc1nccnc1NC1CCN(Cc2cnn(C)c2)CC1. The lowest BCUT2D eigenvalue weighted by atomic mass is 10.0. The van der Waals surface area contributed by atoms with Crippen molar-refractivity contribution in [3.8, 4) is 5.88 Å². The number of anilines is 1. The molecule has 0 saturated carbocycles. The number of likely N-dealkylation sites (tertiary alicyclic amines) is 1. The van der Waals surface area contributed by atoms with E-state index in [0.29, 0.717) is 11.9 Å². The fourth-order valence-corrected chi connectivity index (χ4v) is 2.81. The first-order chi connectivity index (χ1) is 10.7. The van der Waals surface area contributed by atoms with Crippen molar-refractivity contribution in [1.82, 2.24) is 24.6 Å². The summed E-state index contributed by atoms with van der Waals surface area (Å²) in [5.74, 6) is 1.29. The summed E-state index contributed by atoms with van der Waals surface area (Å²) in [6.07, 6.45) is 9.51. The number of aryl methyl sites for hydroxylation is 1. The maximum absolute atomic E-state index is 5.23. The smallest absolute Gasteiger partial charge is 0.257 e. The van der Waals surface area contributed by atoms with Crippen LogP contribution in [0.3, 0.4) is 0 Å². The van der Waals surface area contributed by atoms with Gasteiger partial charge < -0.3 is 10.1 Å². The molecule has 118 valence electrons. The van der Waals surface area contributed by atoms with Crippen LogP contribution in [0.25, 0.3) is 0 Å². The largest absolute Gasteiger partial charge is 0.478 e. The minimum absolute atomic E-state index is 0.413. The Hall–Kier alpha value is -2.15. The number of hydrogen-bond acceptors (Lipinski definition) is 6. The average molecular weight is 302 g/mol. The van der Waals surface area contributed by atoms with Gasteiger partial charge in [0.2, 0.25) is 0 Å². The Balaban J connectivity index is 1.51. The Morgan fingerprint density at radius 1 is 1.27 bits per heavy atom. The van der Waals surface area contributed by atoms with Crippen LogP contribution in [0.4, 0.5) is 5.82 Å². The van der Waals surface area contributed by atoms with E-state index < -0.39 is 0 Å². The normalized spacial score (nSPS) is 16.6. The van der Waals surface area contributed by atoms with E-state index in [1.807, 2.05) is 17.9 Å². The minimum Gasteiger partial charge on any atom is -0.478 e. The summed E-state index contributed by atoms with van der Waals surface area (Å²) in [5.41, 5.74) is 1.27. The van der Waals surface area contributed by atoms with Crippen molar-refractivity contribution in [3.05, 3.63) is 30.4 Å². The molecular formula is C15H22N6O. The fraction of sp³-hybridized carbons (Fsp3) is 0.533. The van der Waals surface area contributed by atoms with E-state index in [4.69, 9.17) is 4.74 Å². The molecular weight excluding hydrogens is 280 g/mol. The van der Waals surface area contributed by atoms with Gasteiger partial charge in [0.05, 0.1) is 13.3 Å². The molecule has 2 aromatic rings. The molecule has 1 fully saturated rings. The highest BCUT2D eigenvalue weighted by molar-refractivity contribution is 5.45. The molecule has 0 aromatic carbocycles. The van der Waals surface area contributed by atoms with Crippen LogP contribution in [0.5, 0.6) is 5.88 Å².